The molecule has 17 heavy (non-hydrogen) atoms. The molecular formula is C13H18FN3. The van der Waals surface area contributed by atoms with Gasteiger partial charge in [-0.2, -0.15) is 4.39 Å². The molecule has 1 atom stereocenters. The quantitative estimate of drug-likeness (QED) is 0.730. The van der Waals surface area contributed by atoms with Crippen LogP contribution < -0.4 is 4.90 Å². The molecule has 3 nitrogen and oxygen atoms in total. The van der Waals surface area contributed by atoms with Crippen molar-refractivity contribution in [1.29, 1.82) is 0 Å². The summed E-state index contributed by atoms with van der Waals surface area (Å²) in [7, 11) is 0. The maximum Gasteiger partial charge on any atom is 0.214 e. The summed E-state index contributed by atoms with van der Waals surface area (Å²) < 4.78 is 13.1. The van der Waals surface area contributed by atoms with Crippen molar-refractivity contribution in [3.63, 3.8) is 0 Å². The van der Waals surface area contributed by atoms with Crippen molar-refractivity contribution in [2.75, 3.05) is 31.1 Å². The van der Waals surface area contributed by atoms with Crippen LogP contribution in [0.4, 0.5) is 10.2 Å². The Balaban J connectivity index is 1.67. The zero-order valence-electron chi connectivity index (χ0n) is 9.98. The summed E-state index contributed by atoms with van der Waals surface area (Å²) in [5, 5.41) is 0. The lowest BCUT2D eigenvalue weighted by molar-refractivity contribution is 0.260. The number of hydrogen-bond donors (Lipinski definition) is 0. The van der Waals surface area contributed by atoms with Crippen LogP contribution in [0.2, 0.25) is 0 Å². The average molecular weight is 235 g/mol. The van der Waals surface area contributed by atoms with E-state index in [4.69, 9.17) is 0 Å². The highest BCUT2D eigenvalue weighted by molar-refractivity contribution is 5.39. The molecule has 1 aromatic heterocycles. The van der Waals surface area contributed by atoms with Crippen molar-refractivity contribution >= 4 is 5.82 Å². The minimum absolute atomic E-state index is 0.382. The molecule has 92 valence electrons. The van der Waals surface area contributed by atoms with Crippen LogP contribution in [-0.4, -0.2) is 42.1 Å². The molecule has 0 N–H and O–H groups in total. The molecule has 1 unspecified atom stereocenters. The summed E-state index contributed by atoms with van der Waals surface area (Å²) >= 11 is 0. The number of rotatable bonds is 2. The van der Waals surface area contributed by atoms with Gasteiger partial charge in [-0.15, -0.1) is 0 Å². The number of hydrogen-bond acceptors (Lipinski definition) is 3. The van der Waals surface area contributed by atoms with E-state index < -0.39 is 0 Å². The highest BCUT2D eigenvalue weighted by atomic mass is 19.1. The SMILES string of the molecule is Fc1cccc(N2CCC(N3CCCC3)C2)n1. The van der Waals surface area contributed by atoms with Gasteiger partial charge in [0.25, 0.3) is 0 Å². The third-order valence-corrected chi connectivity index (χ3v) is 3.84. The number of anilines is 1. The summed E-state index contributed by atoms with van der Waals surface area (Å²) in [6.45, 7) is 4.46. The minimum atomic E-state index is -0.382. The van der Waals surface area contributed by atoms with Crippen LogP contribution in [0.3, 0.4) is 0 Å². The first-order valence-electron chi connectivity index (χ1n) is 6.44. The molecule has 2 saturated heterocycles. The van der Waals surface area contributed by atoms with Gasteiger partial charge in [0.2, 0.25) is 5.95 Å². The standard InChI is InChI=1S/C13H18FN3/c14-12-4-3-5-13(15-12)17-9-6-11(10-17)16-7-1-2-8-16/h3-5,11H,1-2,6-10H2. The summed E-state index contributed by atoms with van der Waals surface area (Å²) in [4.78, 5) is 8.73. The van der Waals surface area contributed by atoms with Crippen molar-refractivity contribution in [2.45, 2.75) is 25.3 Å². The number of halogens is 1. The summed E-state index contributed by atoms with van der Waals surface area (Å²) in [5.74, 6) is 0.402. The highest BCUT2D eigenvalue weighted by Crippen LogP contribution is 2.23. The molecule has 0 amide bonds. The van der Waals surface area contributed by atoms with E-state index in [9.17, 15) is 4.39 Å². The molecule has 3 heterocycles. The monoisotopic (exact) mass is 235 g/mol. The summed E-state index contributed by atoms with van der Waals surface area (Å²) in [6, 6.07) is 5.68. The molecule has 1 aromatic rings. The number of aromatic nitrogens is 1. The molecule has 2 aliphatic heterocycles. The average Bonchev–Trinajstić information content (AvgIpc) is 3.00. The van der Waals surface area contributed by atoms with Gasteiger partial charge in [-0.1, -0.05) is 6.07 Å². The van der Waals surface area contributed by atoms with Gasteiger partial charge in [0.15, 0.2) is 0 Å². The number of likely N-dealkylation sites (tertiary alicyclic amines) is 1. The third-order valence-electron chi connectivity index (χ3n) is 3.84. The molecule has 2 aliphatic rings. The second-order valence-electron chi connectivity index (χ2n) is 4.95. The van der Waals surface area contributed by atoms with Crippen LogP contribution in [-0.2, 0) is 0 Å². The predicted molar refractivity (Wildman–Crippen MR) is 65.6 cm³/mol. The first-order chi connectivity index (χ1) is 8.33. The van der Waals surface area contributed by atoms with Crippen LogP contribution in [0.5, 0.6) is 0 Å². The van der Waals surface area contributed by atoms with E-state index in [2.05, 4.69) is 14.8 Å². The van der Waals surface area contributed by atoms with Gasteiger partial charge in [0.1, 0.15) is 5.82 Å². The molecule has 0 aromatic carbocycles. The Morgan fingerprint density at radius 1 is 1.18 bits per heavy atom. The Morgan fingerprint density at radius 3 is 2.76 bits per heavy atom. The third kappa shape index (κ3) is 2.27. The molecule has 0 saturated carbocycles. The van der Waals surface area contributed by atoms with Crippen LogP contribution >= 0.6 is 0 Å². The minimum Gasteiger partial charge on any atom is -0.355 e. The molecule has 0 spiro atoms. The molecule has 2 fully saturated rings. The van der Waals surface area contributed by atoms with Gasteiger partial charge < -0.3 is 4.90 Å². The van der Waals surface area contributed by atoms with Crippen LogP contribution in [0.15, 0.2) is 18.2 Å². The molecule has 3 rings (SSSR count). The fourth-order valence-corrected chi connectivity index (χ4v) is 2.93. The van der Waals surface area contributed by atoms with Crippen LogP contribution in [0.1, 0.15) is 19.3 Å². The molecule has 0 bridgehead atoms. The molecular weight excluding hydrogens is 217 g/mol. The van der Waals surface area contributed by atoms with E-state index in [1.165, 1.54) is 38.4 Å². The van der Waals surface area contributed by atoms with E-state index in [1.807, 2.05) is 6.07 Å². The fraction of sp³-hybridized carbons (Fsp3) is 0.615. The zero-order valence-corrected chi connectivity index (χ0v) is 9.98. The smallest absolute Gasteiger partial charge is 0.214 e. The van der Waals surface area contributed by atoms with Crippen molar-refractivity contribution < 1.29 is 4.39 Å². The second kappa shape index (κ2) is 4.61. The maximum absolute atomic E-state index is 13.1. The lowest BCUT2D eigenvalue weighted by Crippen LogP contribution is -2.35. The first kappa shape index (κ1) is 11.0. The second-order valence-corrected chi connectivity index (χ2v) is 4.95. The topological polar surface area (TPSA) is 19.4 Å². The van der Waals surface area contributed by atoms with Gasteiger partial charge in [0, 0.05) is 19.1 Å². The maximum atomic E-state index is 13.1. The van der Waals surface area contributed by atoms with Crippen molar-refractivity contribution in [3.05, 3.63) is 24.1 Å². The van der Waals surface area contributed by atoms with Crippen molar-refractivity contribution in [3.8, 4) is 0 Å². The fourth-order valence-electron chi connectivity index (χ4n) is 2.93. The van der Waals surface area contributed by atoms with Crippen molar-refractivity contribution in [2.24, 2.45) is 0 Å². The first-order valence-corrected chi connectivity index (χ1v) is 6.44. The van der Waals surface area contributed by atoms with E-state index in [1.54, 1.807) is 6.07 Å². The number of pyridine rings is 1. The molecule has 4 heteroatoms. The van der Waals surface area contributed by atoms with Gasteiger partial charge in [-0.05, 0) is 44.5 Å². The Kier molecular flexibility index (Phi) is 2.97. The lowest BCUT2D eigenvalue weighted by atomic mass is 10.2. The Morgan fingerprint density at radius 2 is 2.00 bits per heavy atom. The molecule has 0 radical (unpaired) electrons. The lowest BCUT2D eigenvalue weighted by Gasteiger charge is -2.23. The van der Waals surface area contributed by atoms with Gasteiger partial charge in [0.05, 0.1) is 0 Å². The summed E-state index contributed by atoms with van der Waals surface area (Å²) in [5.41, 5.74) is 0. The highest BCUT2D eigenvalue weighted by Gasteiger charge is 2.29. The zero-order chi connectivity index (χ0) is 11.7. The largest absolute Gasteiger partial charge is 0.355 e. The number of nitrogens with zero attached hydrogens (tertiary/aromatic N) is 3. The van der Waals surface area contributed by atoms with Gasteiger partial charge in [-0.3, -0.25) is 4.90 Å². The van der Waals surface area contributed by atoms with E-state index >= 15 is 0 Å². The van der Waals surface area contributed by atoms with Gasteiger partial charge >= 0.3 is 0 Å². The van der Waals surface area contributed by atoms with E-state index in [-0.39, 0.29) is 5.95 Å². The van der Waals surface area contributed by atoms with Crippen molar-refractivity contribution in [1.82, 2.24) is 9.88 Å². The van der Waals surface area contributed by atoms with Gasteiger partial charge in [-0.25, -0.2) is 4.98 Å². The van der Waals surface area contributed by atoms with E-state index in [0.717, 1.165) is 18.9 Å². The van der Waals surface area contributed by atoms with Crippen LogP contribution in [0, 0.1) is 5.95 Å². The van der Waals surface area contributed by atoms with Crippen LogP contribution in [0.25, 0.3) is 0 Å². The normalized spacial score (nSPS) is 25.7. The Labute approximate surface area is 101 Å². The summed E-state index contributed by atoms with van der Waals surface area (Å²) in [6.07, 6.45) is 3.83. The Hall–Kier alpha value is -1.16. The predicted octanol–water partition coefficient (Wildman–Crippen LogP) is 1.90. The Bertz CT molecular complexity index is 390. The van der Waals surface area contributed by atoms with E-state index in [0.29, 0.717) is 6.04 Å². The molecule has 0 aliphatic carbocycles.